The summed E-state index contributed by atoms with van der Waals surface area (Å²) in [6.45, 7) is 0. The van der Waals surface area contributed by atoms with Gasteiger partial charge in [-0.15, -0.1) is 0 Å². The summed E-state index contributed by atoms with van der Waals surface area (Å²) in [5.41, 5.74) is 0.948. The van der Waals surface area contributed by atoms with E-state index in [0.29, 0.717) is 17.9 Å². The largest absolute Gasteiger partial charge is 0.295 e. The summed E-state index contributed by atoms with van der Waals surface area (Å²) in [4.78, 5) is 25.4. The van der Waals surface area contributed by atoms with Gasteiger partial charge in [-0.3, -0.25) is 9.59 Å². The molecule has 2 aliphatic carbocycles. The van der Waals surface area contributed by atoms with Crippen molar-refractivity contribution in [3.63, 3.8) is 0 Å². The molecule has 0 fully saturated rings. The number of hydrogen-bond acceptors (Lipinski definition) is 4. The number of nitrogens with zero attached hydrogens (tertiary/aromatic N) is 3. The molecular formula is C14H16ClN3O2. The molecule has 6 heteroatoms. The van der Waals surface area contributed by atoms with Crippen molar-refractivity contribution >= 4 is 28.9 Å². The number of aromatic nitrogens is 3. The first-order valence-electron chi connectivity index (χ1n) is 6.62. The minimum atomic E-state index is 0.168. The molecular weight excluding hydrogens is 278 g/mol. The molecule has 0 unspecified atom stereocenters. The van der Waals surface area contributed by atoms with E-state index >= 15 is 0 Å². The Labute approximate surface area is 122 Å². The van der Waals surface area contributed by atoms with E-state index in [1.54, 1.807) is 17.1 Å². The fraction of sp³-hybridized carbons (Fsp3) is 0.429. The number of ketones is 2. The minimum absolute atomic E-state index is 0.168. The highest BCUT2D eigenvalue weighted by Crippen LogP contribution is 2.18. The van der Waals surface area contributed by atoms with Crippen molar-refractivity contribution in [2.75, 3.05) is 0 Å². The molecule has 0 amide bonds. The Balaban J connectivity index is 0.000000160. The SMILES string of the molecule is O=C1C=C(Cl)CCC1.O=C1C=C(n2cncn2)CCC1. The van der Waals surface area contributed by atoms with Gasteiger partial charge in [0.05, 0.1) is 0 Å². The standard InChI is InChI=1S/C8H9N3O.C6H7ClO/c12-8-3-1-2-7(4-8)11-6-9-5-10-11;7-5-2-1-3-6(8)4-5/h4-6H,1-3H2;4H,1-3H2. The van der Waals surface area contributed by atoms with Gasteiger partial charge in [0.2, 0.25) is 0 Å². The van der Waals surface area contributed by atoms with Crippen molar-refractivity contribution in [1.29, 1.82) is 0 Å². The third kappa shape index (κ3) is 4.42. The van der Waals surface area contributed by atoms with Gasteiger partial charge in [0.25, 0.3) is 0 Å². The van der Waals surface area contributed by atoms with Crippen LogP contribution in [0.2, 0.25) is 0 Å². The third-order valence-electron chi connectivity index (χ3n) is 3.05. The average molecular weight is 294 g/mol. The molecule has 0 aliphatic heterocycles. The van der Waals surface area contributed by atoms with Gasteiger partial charge in [0.1, 0.15) is 12.7 Å². The van der Waals surface area contributed by atoms with Gasteiger partial charge in [0.15, 0.2) is 11.6 Å². The molecule has 5 nitrogen and oxygen atoms in total. The predicted octanol–water partition coefficient (Wildman–Crippen LogP) is 2.73. The second-order valence-electron chi connectivity index (χ2n) is 4.71. The van der Waals surface area contributed by atoms with Gasteiger partial charge in [-0.25, -0.2) is 9.67 Å². The number of allylic oxidation sites excluding steroid dienone is 4. The van der Waals surface area contributed by atoms with Crippen LogP contribution in [0.3, 0.4) is 0 Å². The number of carbonyl (C=O) groups excluding carboxylic acids is 2. The molecule has 1 aromatic heterocycles. The molecule has 0 radical (unpaired) electrons. The highest BCUT2D eigenvalue weighted by atomic mass is 35.5. The first kappa shape index (κ1) is 14.7. The Hall–Kier alpha value is -1.75. The molecule has 0 saturated carbocycles. The maximum Gasteiger partial charge on any atom is 0.157 e. The van der Waals surface area contributed by atoms with Gasteiger partial charge in [-0.1, -0.05) is 11.6 Å². The summed E-state index contributed by atoms with van der Waals surface area (Å²) < 4.78 is 1.65. The maximum atomic E-state index is 11.0. The molecule has 1 heterocycles. The van der Waals surface area contributed by atoms with E-state index in [1.807, 2.05) is 0 Å². The van der Waals surface area contributed by atoms with E-state index in [1.165, 1.54) is 12.4 Å². The van der Waals surface area contributed by atoms with Crippen LogP contribution in [0.5, 0.6) is 0 Å². The van der Waals surface area contributed by atoms with Crippen molar-refractivity contribution in [3.8, 4) is 0 Å². The Morgan fingerprint density at radius 2 is 1.70 bits per heavy atom. The van der Waals surface area contributed by atoms with E-state index in [2.05, 4.69) is 10.1 Å². The average Bonchev–Trinajstić information content (AvgIpc) is 2.93. The van der Waals surface area contributed by atoms with Crippen LogP contribution in [0.1, 0.15) is 38.5 Å². The number of rotatable bonds is 1. The third-order valence-corrected chi connectivity index (χ3v) is 3.35. The van der Waals surface area contributed by atoms with Crippen molar-refractivity contribution in [3.05, 3.63) is 29.8 Å². The van der Waals surface area contributed by atoms with E-state index in [9.17, 15) is 9.59 Å². The van der Waals surface area contributed by atoms with Crippen molar-refractivity contribution in [2.45, 2.75) is 38.5 Å². The smallest absolute Gasteiger partial charge is 0.157 e. The lowest BCUT2D eigenvalue weighted by atomic mass is 10.0. The second-order valence-corrected chi connectivity index (χ2v) is 5.19. The van der Waals surface area contributed by atoms with Crippen molar-refractivity contribution in [1.82, 2.24) is 14.8 Å². The first-order valence-corrected chi connectivity index (χ1v) is 7.00. The van der Waals surface area contributed by atoms with Gasteiger partial charge in [-0.2, -0.15) is 5.10 Å². The lowest BCUT2D eigenvalue weighted by Gasteiger charge is -2.10. The van der Waals surface area contributed by atoms with Crippen molar-refractivity contribution < 1.29 is 9.59 Å². The lowest BCUT2D eigenvalue weighted by molar-refractivity contribution is -0.115. The Morgan fingerprint density at radius 1 is 1.00 bits per heavy atom. The van der Waals surface area contributed by atoms with Crippen LogP contribution in [-0.2, 0) is 9.59 Å². The lowest BCUT2D eigenvalue weighted by Crippen LogP contribution is -2.07. The van der Waals surface area contributed by atoms with Crippen LogP contribution in [0, 0.1) is 0 Å². The highest BCUT2D eigenvalue weighted by molar-refractivity contribution is 6.31. The number of hydrogen-bond donors (Lipinski definition) is 0. The first-order chi connectivity index (χ1) is 9.65. The zero-order valence-electron chi connectivity index (χ0n) is 11.1. The highest BCUT2D eigenvalue weighted by Gasteiger charge is 2.11. The number of halogens is 1. The molecule has 0 saturated heterocycles. The van der Waals surface area contributed by atoms with Gasteiger partial charge >= 0.3 is 0 Å². The summed E-state index contributed by atoms with van der Waals surface area (Å²) in [6, 6.07) is 0. The van der Waals surface area contributed by atoms with Crippen LogP contribution in [0.15, 0.2) is 29.8 Å². The van der Waals surface area contributed by atoms with Gasteiger partial charge in [0, 0.05) is 29.6 Å². The van der Waals surface area contributed by atoms with Crippen LogP contribution >= 0.6 is 11.6 Å². The van der Waals surface area contributed by atoms with Crippen LogP contribution in [0.25, 0.3) is 5.70 Å². The fourth-order valence-electron chi connectivity index (χ4n) is 2.06. The topological polar surface area (TPSA) is 64.8 Å². The Kier molecular flexibility index (Phi) is 5.24. The summed E-state index contributed by atoms with van der Waals surface area (Å²) in [5, 5.41) is 4.67. The van der Waals surface area contributed by atoms with Crippen LogP contribution in [-0.4, -0.2) is 26.3 Å². The van der Waals surface area contributed by atoms with Crippen molar-refractivity contribution in [2.24, 2.45) is 0 Å². The van der Waals surface area contributed by atoms with E-state index in [4.69, 9.17) is 11.6 Å². The summed E-state index contributed by atoms with van der Waals surface area (Å²) >= 11 is 5.55. The molecule has 106 valence electrons. The predicted molar refractivity (Wildman–Crippen MR) is 75.9 cm³/mol. The minimum Gasteiger partial charge on any atom is -0.295 e. The molecule has 2 aliphatic rings. The molecule has 0 N–H and O–H groups in total. The molecule has 0 spiro atoms. The molecule has 0 aromatic carbocycles. The van der Waals surface area contributed by atoms with E-state index in [-0.39, 0.29) is 11.6 Å². The molecule has 0 atom stereocenters. The molecule has 0 bridgehead atoms. The van der Waals surface area contributed by atoms with Gasteiger partial charge < -0.3 is 0 Å². The van der Waals surface area contributed by atoms with Crippen LogP contribution < -0.4 is 0 Å². The fourth-order valence-corrected chi connectivity index (χ4v) is 2.32. The zero-order valence-corrected chi connectivity index (χ0v) is 11.8. The monoisotopic (exact) mass is 293 g/mol. The van der Waals surface area contributed by atoms with Gasteiger partial charge in [-0.05, 0) is 31.8 Å². The normalized spacial score (nSPS) is 18.9. The summed E-state index contributed by atoms with van der Waals surface area (Å²) in [5.74, 6) is 0.355. The Morgan fingerprint density at radius 3 is 2.20 bits per heavy atom. The molecule has 1 aromatic rings. The van der Waals surface area contributed by atoms with Crippen LogP contribution in [0.4, 0.5) is 0 Å². The quantitative estimate of drug-likeness (QED) is 0.798. The Bertz CT molecular complexity index is 547. The zero-order chi connectivity index (χ0) is 14.4. The van der Waals surface area contributed by atoms with E-state index < -0.39 is 0 Å². The molecule has 20 heavy (non-hydrogen) atoms. The summed E-state index contributed by atoms with van der Waals surface area (Å²) in [7, 11) is 0. The summed E-state index contributed by atoms with van der Waals surface area (Å²) in [6.07, 6.45) is 11.2. The molecule has 3 rings (SSSR count). The van der Waals surface area contributed by atoms with E-state index in [0.717, 1.165) is 31.4 Å². The second kappa shape index (κ2) is 7.14. The maximum absolute atomic E-state index is 11.0. The number of carbonyl (C=O) groups is 2.